The second-order valence-electron chi connectivity index (χ2n) is 7.70. The van der Waals surface area contributed by atoms with Gasteiger partial charge in [0.1, 0.15) is 6.54 Å². The summed E-state index contributed by atoms with van der Waals surface area (Å²) in [6, 6.07) is 7.40. The van der Waals surface area contributed by atoms with E-state index in [1.165, 1.54) is 0 Å². The summed E-state index contributed by atoms with van der Waals surface area (Å²) < 4.78 is 36.8. The quantitative estimate of drug-likeness (QED) is 0.804. The van der Waals surface area contributed by atoms with E-state index in [2.05, 4.69) is 0 Å². The first-order valence-corrected chi connectivity index (χ1v) is 9.99. The Labute approximate surface area is 167 Å². The first kappa shape index (κ1) is 21.0. The summed E-state index contributed by atoms with van der Waals surface area (Å²) in [5, 5.41) is 2.57. The lowest BCUT2D eigenvalue weighted by Gasteiger charge is -2.38. The molecule has 0 radical (unpaired) electrons. The third-order valence-corrected chi connectivity index (χ3v) is 6.13. The van der Waals surface area contributed by atoms with E-state index in [-0.39, 0.29) is 5.91 Å². The summed E-state index contributed by atoms with van der Waals surface area (Å²) in [6.07, 6.45) is -0.147. The van der Waals surface area contributed by atoms with E-state index >= 15 is 0 Å². The Bertz CT molecular complexity index is 707. The van der Waals surface area contributed by atoms with Gasteiger partial charge in [0.15, 0.2) is 0 Å². The molecule has 8 heteroatoms. The number of nitrogens with zero attached hydrogens (tertiary/aromatic N) is 1. The van der Waals surface area contributed by atoms with Crippen molar-refractivity contribution in [3.8, 4) is 0 Å². The molecule has 0 aromatic heterocycles. The van der Waals surface area contributed by atoms with Crippen molar-refractivity contribution >= 4 is 23.4 Å². The van der Waals surface area contributed by atoms with E-state index < -0.39 is 30.0 Å². The van der Waals surface area contributed by atoms with E-state index in [0.29, 0.717) is 31.0 Å². The molecule has 4 nitrogen and oxygen atoms in total. The molecule has 1 heterocycles. The molecule has 0 bridgehead atoms. The molecular weight excluding hydrogens is 393 g/mol. The van der Waals surface area contributed by atoms with Crippen molar-refractivity contribution in [2.75, 3.05) is 19.6 Å². The van der Waals surface area contributed by atoms with Gasteiger partial charge < -0.3 is 10.2 Å². The first-order chi connectivity index (χ1) is 13.2. The number of hydrogen-bond donors (Lipinski definition) is 1. The van der Waals surface area contributed by atoms with Crippen LogP contribution in [0.5, 0.6) is 0 Å². The number of piperidine rings is 1. The minimum atomic E-state index is -4.42. The molecule has 1 aromatic carbocycles. The molecule has 1 saturated heterocycles. The summed E-state index contributed by atoms with van der Waals surface area (Å²) in [5.74, 6) is -1.01. The van der Waals surface area contributed by atoms with Gasteiger partial charge in [0, 0.05) is 24.0 Å². The molecule has 1 aliphatic heterocycles. The van der Waals surface area contributed by atoms with Gasteiger partial charge in [-0.25, -0.2) is 0 Å². The highest BCUT2D eigenvalue weighted by atomic mass is 35.5. The fourth-order valence-corrected chi connectivity index (χ4v) is 4.48. The summed E-state index contributed by atoms with van der Waals surface area (Å²) in [5.41, 5.74) is 0.403. The highest BCUT2D eigenvalue weighted by Crippen LogP contribution is 2.43. The minimum absolute atomic E-state index is 0.0569. The molecule has 1 N–H and O–H groups in total. The fourth-order valence-electron chi connectivity index (χ4n) is 4.35. The predicted octanol–water partition coefficient (Wildman–Crippen LogP) is 4.07. The normalized spacial score (nSPS) is 20.2. The van der Waals surface area contributed by atoms with Crippen LogP contribution in [0.3, 0.4) is 0 Å². The van der Waals surface area contributed by atoms with Gasteiger partial charge in [-0.05, 0) is 43.4 Å². The molecule has 2 aliphatic rings. The number of hydrogen-bond acceptors (Lipinski definition) is 2. The smallest absolute Gasteiger partial charge is 0.347 e. The molecule has 0 atom stereocenters. The lowest BCUT2D eigenvalue weighted by atomic mass is 9.77. The molecule has 28 heavy (non-hydrogen) atoms. The van der Waals surface area contributed by atoms with Crippen molar-refractivity contribution in [3.63, 3.8) is 0 Å². The van der Waals surface area contributed by atoms with Crippen LogP contribution >= 0.6 is 11.6 Å². The van der Waals surface area contributed by atoms with Crippen molar-refractivity contribution < 1.29 is 22.8 Å². The van der Waals surface area contributed by atoms with Crippen molar-refractivity contribution in [3.05, 3.63) is 34.9 Å². The third-order valence-electron chi connectivity index (χ3n) is 5.88. The largest absolute Gasteiger partial charge is 0.405 e. The standard InChI is InChI=1S/C20H24ClF3N2O2/c21-16-5-3-15(4-6-16)19(9-1-2-10-19)18(28)26-11-7-14(8-12-26)17(27)25-13-20(22,23)24/h3-6,14H,1-2,7-13H2,(H,25,27). The number of halogens is 4. The molecule has 1 saturated carbocycles. The second-order valence-corrected chi connectivity index (χ2v) is 8.13. The number of rotatable bonds is 4. The number of carbonyl (C=O) groups excluding carboxylic acids is 2. The zero-order valence-corrected chi connectivity index (χ0v) is 16.3. The molecule has 0 unspecified atom stereocenters. The SMILES string of the molecule is O=C(NCC(F)(F)F)C1CCN(C(=O)C2(c3ccc(Cl)cc3)CCCC2)CC1. The lowest BCUT2D eigenvalue weighted by molar-refractivity contribution is -0.144. The zero-order chi connectivity index (χ0) is 20.4. The Kier molecular flexibility index (Phi) is 6.22. The van der Waals surface area contributed by atoms with Crippen LogP contribution in [-0.4, -0.2) is 42.5 Å². The number of alkyl halides is 3. The van der Waals surface area contributed by atoms with E-state index in [0.717, 1.165) is 31.2 Å². The molecule has 2 amide bonds. The van der Waals surface area contributed by atoms with E-state index in [9.17, 15) is 22.8 Å². The predicted molar refractivity (Wildman–Crippen MR) is 100.0 cm³/mol. The maximum absolute atomic E-state index is 13.4. The van der Waals surface area contributed by atoms with Gasteiger partial charge in [0.2, 0.25) is 11.8 Å². The first-order valence-electron chi connectivity index (χ1n) is 9.61. The van der Waals surface area contributed by atoms with Crippen molar-refractivity contribution in [2.45, 2.75) is 50.1 Å². The number of benzene rings is 1. The Balaban J connectivity index is 1.63. The van der Waals surface area contributed by atoms with Crippen LogP contribution in [-0.2, 0) is 15.0 Å². The summed E-state index contributed by atoms with van der Waals surface area (Å²) in [7, 11) is 0. The lowest BCUT2D eigenvalue weighted by Crippen LogP contribution is -2.50. The van der Waals surface area contributed by atoms with E-state index in [4.69, 9.17) is 11.6 Å². The molecule has 0 spiro atoms. The van der Waals surface area contributed by atoms with E-state index in [1.54, 1.807) is 17.0 Å². The van der Waals surface area contributed by atoms with Crippen LogP contribution in [0.2, 0.25) is 5.02 Å². The van der Waals surface area contributed by atoms with Crippen LogP contribution in [0, 0.1) is 5.92 Å². The van der Waals surface area contributed by atoms with Gasteiger partial charge in [0.25, 0.3) is 0 Å². The van der Waals surface area contributed by atoms with E-state index in [1.807, 2.05) is 17.4 Å². The minimum Gasteiger partial charge on any atom is -0.347 e. The molecular formula is C20H24ClF3N2O2. The third kappa shape index (κ3) is 4.62. The summed E-state index contributed by atoms with van der Waals surface area (Å²) in [6.45, 7) is -0.540. The summed E-state index contributed by atoms with van der Waals surface area (Å²) >= 11 is 5.99. The van der Waals surface area contributed by atoms with Crippen LogP contribution < -0.4 is 5.32 Å². The average molecular weight is 417 g/mol. The maximum atomic E-state index is 13.4. The Morgan fingerprint density at radius 1 is 1.11 bits per heavy atom. The molecule has 2 fully saturated rings. The van der Waals surface area contributed by atoms with Gasteiger partial charge in [0.05, 0.1) is 5.41 Å². The summed E-state index contributed by atoms with van der Waals surface area (Å²) in [4.78, 5) is 27.1. The van der Waals surface area contributed by atoms with Crippen LogP contribution in [0.4, 0.5) is 13.2 Å². The Morgan fingerprint density at radius 3 is 2.21 bits per heavy atom. The number of carbonyl (C=O) groups is 2. The Morgan fingerprint density at radius 2 is 1.68 bits per heavy atom. The van der Waals surface area contributed by atoms with Gasteiger partial charge in [-0.3, -0.25) is 9.59 Å². The highest BCUT2D eigenvalue weighted by Gasteiger charge is 2.45. The van der Waals surface area contributed by atoms with Crippen LogP contribution in [0.1, 0.15) is 44.1 Å². The number of nitrogens with one attached hydrogen (secondary N) is 1. The number of amides is 2. The monoisotopic (exact) mass is 416 g/mol. The zero-order valence-electron chi connectivity index (χ0n) is 15.5. The van der Waals surface area contributed by atoms with Gasteiger partial charge in [-0.15, -0.1) is 0 Å². The van der Waals surface area contributed by atoms with Gasteiger partial charge >= 0.3 is 6.18 Å². The number of likely N-dealkylation sites (tertiary alicyclic amines) is 1. The van der Waals surface area contributed by atoms with Crippen molar-refractivity contribution in [1.82, 2.24) is 10.2 Å². The molecule has 1 aliphatic carbocycles. The average Bonchev–Trinajstić information content (AvgIpc) is 3.16. The van der Waals surface area contributed by atoms with Gasteiger partial charge in [-0.2, -0.15) is 13.2 Å². The maximum Gasteiger partial charge on any atom is 0.405 e. The van der Waals surface area contributed by atoms with Gasteiger partial charge in [-0.1, -0.05) is 36.6 Å². The molecule has 1 aromatic rings. The second kappa shape index (κ2) is 8.31. The molecule has 154 valence electrons. The highest BCUT2D eigenvalue weighted by molar-refractivity contribution is 6.30. The van der Waals surface area contributed by atoms with Crippen LogP contribution in [0.15, 0.2) is 24.3 Å². The Hall–Kier alpha value is -1.76. The van der Waals surface area contributed by atoms with Crippen LogP contribution in [0.25, 0.3) is 0 Å². The van der Waals surface area contributed by atoms with Crippen molar-refractivity contribution in [1.29, 1.82) is 0 Å². The van der Waals surface area contributed by atoms with Crippen molar-refractivity contribution in [2.24, 2.45) is 5.92 Å². The molecule has 3 rings (SSSR count). The topological polar surface area (TPSA) is 49.4 Å². The fraction of sp³-hybridized carbons (Fsp3) is 0.600.